The van der Waals surface area contributed by atoms with E-state index in [1.165, 1.54) is 11.3 Å². The zero-order valence-corrected chi connectivity index (χ0v) is 12.6. The zero-order valence-electron chi connectivity index (χ0n) is 11.8. The van der Waals surface area contributed by atoms with Crippen LogP contribution >= 0.6 is 11.3 Å². The number of hydrogen-bond donors (Lipinski definition) is 2. The van der Waals surface area contributed by atoms with Crippen LogP contribution in [0.1, 0.15) is 42.4 Å². The molecule has 20 heavy (non-hydrogen) atoms. The summed E-state index contributed by atoms with van der Waals surface area (Å²) in [5, 5.41) is 13.3. The van der Waals surface area contributed by atoms with E-state index in [1.54, 1.807) is 38.3 Å². The van der Waals surface area contributed by atoms with Gasteiger partial charge in [0.15, 0.2) is 0 Å². The molecule has 0 aliphatic rings. The van der Waals surface area contributed by atoms with Gasteiger partial charge >= 0.3 is 12.1 Å². The molecule has 1 heterocycles. The number of nitrogens with one attached hydrogen (secondary N) is 1. The van der Waals surface area contributed by atoms with E-state index in [-0.39, 0.29) is 0 Å². The van der Waals surface area contributed by atoms with Crippen molar-refractivity contribution in [1.82, 2.24) is 5.32 Å². The molecule has 0 saturated heterocycles. The normalized spacial score (nSPS) is 11.6. The van der Waals surface area contributed by atoms with Crippen LogP contribution < -0.4 is 5.32 Å². The molecular formula is C14H19NO4S. The fraction of sp³-hybridized carbons (Fsp3) is 0.429. The molecule has 0 spiro atoms. The number of carboxylic acids is 1. The second-order valence-electron chi connectivity index (χ2n) is 5.12. The van der Waals surface area contributed by atoms with Gasteiger partial charge in [0.05, 0.1) is 5.56 Å². The first-order valence-corrected chi connectivity index (χ1v) is 7.12. The predicted octanol–water partition coefficient (Wildman–Crippen LogP) is 3.37. The Kier molecular flexibility index (Phi) is 5.76. The fourth-order valence-electron chi connectivity index (χ4n) is 1.39. The third kappa shape index (κ3) is 5.88. The highest BCUT2D eigenvalue weighted by molar-refractivity contribution is 7.11. The van der Waals surface area contributed by atoms with Crippen LogP contribution in [0.3, 0.4) is 0 Å². The van der Waals surface area contributed by atoms with Gasteiger partial charge in [0.2, 0.25) is 0 Å². The Balaban J connectivity index is 2.34. The molecule has 0 unspecified atom stereocenters. The fourth-order valence-corrected chi connectivity index (χ4v) is 2.20. The molecule has 0 aliphatic carbocycles. The molecule has 0 atom stereocenters. The van der Waals surface area contributed by atoms with Crippen LogP contribution in [0.15, 0.2) is 17.5 Å². The smallest absolute Gasteiger partial charge is 0.407 e. The first-order chi connectivity index (χ1) is 9.29. The van der Waals surface area contributed by atoms with Gasteiger partial charge in [-0.05, 0) is 44.7 Å². The highest BCUT2D eigenvalue weighted by Gasteiger charge is 2.15. The molecule has 0 saturated carbocycles. The van der Waals surface area contributed by atoms with Crippen LogP contribution in [0.5, 0.6) is 0 Å². The number of alkyl carbamates (subject to hydrolysis) is 1. The number of amides is 1. The lowest BCUT2D eigenvalue weighted by Crippen LogP contribution is -2.32. The Labute approximate surface area is 122 Å². The number of hydrogen-bond acceptors (Lipinski definition) is 4. The average Bonchev–Trinajstić information content (AvgIpc) is 2.74. The van der Waals surface area contributed by atoms with Gasteiger partial charge in [-0.1, -0.05) is 6.08 Å². The van der Waals surface area contributed by atoms with Crippen molar-refractivity contribution < 1.29 is 19.4 Å². The minimum atomic E-state index is -0.933. The van der Waals surface area contributed by atoms with Crippen molar-refractivity contribution in [3.63, 3.8) is 0 Å². The Hall–Kier alpha value is -1.82. The largest absolute Gasteiger partial charge is 0.478 e. The number of carboxylic acid groups (broad SMARTS) is 1. The van der Waals surface area contributed by atoms with Crippen molar-refractivity contribution in [3.05, 3.63) is 28.0 Å². The first-order valence-electron chi connectivity index (χ1n) is 6.24. The highest BCUT2D eigenvalue weighted by atomic mass is 32.1. The van der Waals surface area contributed by atoms with Gasteiger partial charge in [-0.15, -0.1) is 11.3 Å². The van der Waals surface area contributed by atoms with Gasteiger partial charge < -0.3 is 15.2 Å². The molecule has 2 N–H and O–H groups in total. The van der Waals surface area contributed by atoms with Crippen LogP contribution in [0.2, 0.25) is 0 Å². The van der Waals surface area contributed by atoms with E-state index in [4.69, 9.17) is 9.84 Å². The summed E-state index contributed by atoms with van der Waals surface area (Å²) < 4.78 is 5.09. The topological polar surface area (TPSA) is 75.6 Å². The lowest BCUT2D eigenvalue weighted by molar-refractivity contribution is 0.0528. The number of aromatic carboxylic acids is 1. The van der Waals surface area contributed by atoms with Crippen molar-refractivity contribution in [3.8, 4) is 0 Å². The molecule has 1 aromatic heterocycles. The summed E-state index contributed by atoms with van der Waals surface area (Å²) in [6, 6.07) is 1.58. The Morgan fingerprint density at radius 1 is 1.45 bits per heavy atom. The van der Waals surface area contributed by atoms with Crippen LogP contribution in [0, 0.1) is 0 Å². The van der Waals surface area contributed by atoms with Crippen LogP contribution in [-0.4, -0.2) is 29.3 Å². The van der Waals surface area contributed by atoms with Gasteiger partial charge in [-0.3, -0.25) is 0 Å². The van der Waals surface area contributed by atoms with E-state index < -0.39 is 17.7 Å². The van der Waals surface area contributed by atoms with E-state index in [2.05, 4.69) is 5.32 Å². The lowest BCUT2D eigenvalue weighted by atomic mass is 10.2. The summed E-state index contributed by atoms with van der Waals surface area (Å²) >= 11 is 1.37. The molecule has 1 rings (SSSR count). The average molecular weight is 297 g/mol. The third-order valence-corrected chi connectivity index (χ3v) is 3.06. The van der Waals surface area contributed by atoms with E-state index in [9.17, 15) is 9.59 Å². The maximum Gasteiger partial charge on any atom is 0.407 e. The summed E-state index contributed by atoms with van der Waals surface area (Å²) in [4.78, 5) is 23.0. The first kappa shape index (κ1) is 16.2. The highest BCUT2D eigenvalue weighted by Crippen LogP contribution is 2.18. The second kappa shape index (κ2) is 7.09. The van der Waals surface area contributed by atoms with Gasteiger partial charge in [-0.25, -0.2) is 9.59 Å². The lowest BCUT2D eigenvalue weighted by Gasteiger charge is -2.19. The van der Waals surface area contributed by atoms with Crippen molar-refractivity contribution in [1.29, 1.82) is 0 Å². The number of rotatable bonds is 5. The van der Waals surface area contributed by atoms with Gasteiger partial charge in [0, 0.05) is 11.4 Å². The van der Waals surface area contributed by atoms with Crippen molar-refractivity contribution in [2.45, 2.75) is 32.8 Å². The van der Waals surface area contributed by atoms with E-state index in [0.29, 0.717) is 23.4 Å². The van der Waals surface area contributed by atoms with Gasteiger partial charge in [0.1, 0.15) is 5.60 Å². The quantitative estimate of drug-likeness (QED) is 0.817. The maximum atomic E-state index is 11.4. The number of carbonyl (C=O) groups is 2. The number of thiophene rings is 1. The molecule has 0 radical (unpaired) electrons. The van der Waals surface area contributed by atoms with E-state index in [1.807, 2.05) is 6.08 Å². The van der Waals surface area contributed by atoms with Crippen LogP contribution in [0.4, 0.5) is 4.79 Å². The van der Waals surface area contributed by atoms with E-state index in [0.717, 1.165) is 0 Å². The molecule has 0 bridgehead atoms. The predicted molar refractivity (Wildman–Crippen MR) is 79.2 cm³/mol. The Bertz CT molecular complexity index is 500. The Morgan fingerprint density at radius 3 is 2.75 bits per heavy atom. The van der Waals surface area contributed by atoms with Crippen molar-refractivity contribution >= 4 is 29.5 Å². The molecule has 5 nitrogen and oxygen atoms in total. The van der Waals surface area contributed by atoms with E-state index >= 15 is 0 Å². The number of ether oxygens (including phenoxy) is 1. The molecule has 1 amide bonds. The minimum absolute atomic E-state index is 0.298. The molecule has 0 aliphatic heterocycles. The molecular weight excluding hydrogens is 278 g/mol. The third-order valence-electron chi connectivity index (χ3n) is 2.17. The molecule has 110 valence electrons. The van der Waals surface area contributed by atoms with Crippen molar-refractivity contribution in [2.75, 3.05) is 6.54 Å². The van der Waals surface area contributed by atoms with Gasteiger partial charge in [0.25, 0.3) is 0 Å². The second-order valence-corrected chi connectivity index (χ2v) is 6.07. The minimum Gasteiger partial charge on any atom is -0.478 e. The molecule has 0 fully saturated rings. The molecule has 0 aromatic carbocycles. The van der Waals surface area contributed by atoms with Gasteiger partial charge in [-0.2, -0.15) is 0 Å². The SMILES string of the molecule is CC(C)(C)OC(=O)NCCC=Cc1sccc1C(=O)O. The van der Waals surface area contributed by atoms with Crippen LogP contribution in [0.25, 0.3) is 6.08 Å². The van der Waals surface area contributed by atoms with Crippen molar-refractivity contribution in [2.24, 2.45) is 0 Å². The summed E-state index contributed by atoms with van der Waals surface area (Å²) in [5.41, 5.74) is -0.209. The zero-order chi connectivity index (χ0) is 15.2. The van der Waals surface area contributed by atoms with Crippen LogP contribution in [-0.2, 0) is 4.74 Å². The molecule has 1 aromatic rings. The summed E-state index contributed by atoms with van der Waals surface area (Å²) in [7, 11) is 0. The summed E-state index contributed by atoms with van der Waals surface area (Å²) in [5.74, 6) is -0.933. The Morgan fingerprint density at radius 2 is 2.15 bits per heavy atom. The maximum absolute atomic E-state index is 11.4. The summed E-state index contributed by atoms with van der Waals surface area (Å²) in [6.45, 7) is 5.85. The number of carbonyl (C=O) groups excluding carboxylic acids is 1. The summed E-state index contributed by atoms with van der Waals surface area (Å²) in [6.07, 6.45) is 3.74. The monoisotopic (exact) mass is 297 g/mol. The molecule has 6 heteroatoms. The standard InChI is InChI=1S/C14H19NO4S/c1-14(2,3)19-13(18)15-8-5-4-6-11-10(12(16)17)7-9-20-11/h4,6-7,9H,5,8H2,1-3H3,(H,15,18)(H,16,17).